The van der Waals surface area contributed by atoms with Gasteiger partial charge >= 0.3 is 0 Å². The predicted molar refractivity (Wildman–Crippen MR) is 63.0 cm³/mol. The summed E-state index contributed by atoms with van der Waals surface area (Å²) < 4.78 is 1.18. The average molecular weight is 298 g/mol. The topological polar surface area (TPSA) is 45.8 Å². The molecule has 0 amide bonds. The highest BCUT2D eigenvalue weighted by Gasteiger charge is 1.97. The van der Waals surface area contributed by atoms with Gasteiger partial charge in [0.15, 0.2) is 0 Å². The number of hydrogen-bond donors (Lipinski definition) is 1. The predicted octanol–water partition coefficient (Wildman–Crippen LogP) is 2.04. The van der Waals surface area contributed by atoms with Crippen LogP contribution in [0.2, 0.25) is 0 Å². The quantitative estimate of drug-likeness (QED) is 0.819. The van der Waals surface area contributed by atoms with Crippen LogP contribution in [0, 0.1) is 3.57 Å². The Morgan fingerprint density at radius 1 is 1.21 bits per heavy atom. The molecular formula is C10H7IN2O. The molecule has 0 saturated heterocycles. The highest BCUT2D eigenvalue weighted by atomic mass is 127. The van der Waals surface area contributed by atoms with E-state index < -0.39 is 0 Å². The summed E-state index contributed by atoms with van der Waals surface area (Å²) in [6, 6.07) is 7.95. The zero-order valence-electron chi connectivity index (χ0n) is 7.20. The Kier molecular flexibility index (Phi) is 2.62. The van der Waals surface area contributed by atoms with Crippen LogP contribution in [0.15, 0.2) is 41.5 Å². The lowest BCUT2D eigenvalue weighted by atomic mass is 10.2. The summed E-state index contributed by atoms with van der Waals surface area (Å²) in [6.45, 7) is 0. The second-order valence-corrected chi connectivity index (χ2v) is 4.05. The maximum atomic E-state index is 10.8. The van der Waals surface area contributed by atoms with E-state index in [2.05, 4.69) is 32.6 Å². The molecule has 70 valence electrons. The van der Waals surface area contributed by atoms with Crippen LogP contribution in [-0.2, 0) is 0 Å². The number of halogens is 1. The van der Waals surface area contributed by atoms with E-state index in [1.54, 1.807) is 6.20 Å². The summed E-state index contributed by atoms with van der Waals surface area (Å²) in [5.74, 6) is 0. The molecule has 0 fully saturated rings. The minimum atomic E-state index is -0.181. The zero-order valence-corrected chi connectivity index (χ0v) is 9.36. The fraction of sp³-hybridized carbons (Fsp3) is 0. The lowest BCUT2D eigenvalue weighted by Gasteiger charge is -1.98. The lowest BCUT2D eigenvalue weighted by Crippen LogP contribution is -2.04. The molecule has 1 aromatic carbocycles. The van der Waals surface area contributed by atoms with Gasteiger partial charge in [0.2, 0.25) is 0 Å². The molecule has 0 unspecified atom stereocenters. The summed E-state index contributed by atoms with van der Waals surface area (Å²) in [5.41, 5.74) is 1.60. The number of aromatic nitrogens is 2. The van der Waals surface area contributed by atoms with Crippen molar-refractivity contribution in [3.05, 3.63) is 50.6 Å². The molecule has 1 N–H and O–H groups in total. The molecule has 0 aliphatic carbocycles. The van der Waals surface area contributed by atoms with E-state index in [0.717, 1.165) is 11.3 Å². The van der Waals surface area contributed by atoms with Gasteiger partial charge in [-0.05, 0) is 34.7 Å². The molecule has 1 aromatic heterocycles. The second-order valence-electron chi connectivity index (χ2n) is 2.80. The first-order valence-electron chi connectivity index (χ1n) is 4.06. The van der Waals surface area contributed by atoms with Crippen LogP contribution in [0.5, 0.6) is 0 Å². The van der Waals surface area contributed by atoms with Crippen LogP contribution in [0.1, 0.15) is 0 Å². The number of benzene rings is 1. The van der Waals surface area contributed by atoms with Gasteiger partial charge in [-0.2, -0.15) is 0 Å². The van der Waals surface area contributed by atoms with Crippen molar-refractivity contribution >= 4 is 22.6 Å². The van der Waals surface area contributed by atoms with Crippen LogP contribution in [-0.4, -0.2) is 9.97 Å². The van der Waals surface area contributed by atoms with Gasteiger partial charge in [0.1, 0.15) is 0 Å². The van der Waals surface area contributed by atoms with Gasteiger partial charge in [-0.15, -0.1) is 0 Å². The van der Waals surface area contributed by atoms with E-state index >= 15 is 0 Å². The molecule has 2 aromatic rings. The van der Waals surface area contributed by atoms with E-state index in [1.807, 2.05) is 24.3 Å². The summed E-state index contributed by atoms with van der Waals surface area (Å²) in [7, 11) is 0. The first-order valence-corrected chi connectivity index (χ1v) is 5.14. The minimum Gasteiger partial charge on any atom is -0.326 e. The zero-order chi connectivity index (χ0) is 9.97. The highest BCUT2D eigenvalue weighted by molar-refractivity contribution is 14.1. The van der Waals surface area contributed by atoms with Crippen LogP contribution in [0.25, 0.3) is 11.3 Å². The van der Waals surface area contributed by atoms with Crippen molar-refractivity contribution in [3.63, 3.8) is 0 Å². The third-order valence-electron chi connectivity index (χ3n) is 1.81. The first kappa shape index (κ1) is 9.39. The SMILES string of the molecule is O=c1cnc(-c2ccc(I)cc2)c[nH]1. The monoisotopic (exact) mass is 298 g/mol. The van der Waals surface area contributed by atoms with Gasteiger partial charge < -0.3 is 4.98 Å². The molecule has 4 heteroatoms. The van der Waals surface area contributed by atoms with E-state index in [4.69, 9.17) is 0 Å². The van der Waals surface area contributed by atoms with E-state index in [1.165, 1.54) is 9.77 Å². The van der Waals surface area contributed by atoms with Crippen LogP contribution >= 0.6 is 22.6 Å². The van der Waals surface area contributed by atoms with Crippen molar-refractivity contribution in [1.29, 1.82) is 0 Å². The summed E-state index contributed by atoms with van der Waals surface area (Å²) in [4.78, 5) is 17.4. The average Bonchev–Trinajstić information content (AvgIpc) is 2.21. The van der Waals surface area contributed by atoms with Crippen molar-refractivity contribution in [2.75, 3.05) is 0 Å². The van der Waals surface area contributed by atoms with Crippen LogP contribution in [0.3, 0.4) is 0 Å². The fourth-order valence-corrected chi connectivity index (χ4v) is 1.48. The molecule has 14 heavy (non-hydrogen) atoms. The summed E-state index contributed by atoms with van der Waals surface area (Å²) >= 11 is 2.24. The van der Waals surface area contributed by atoms with Crippen molar-refractivity contribution in [2.45, 2.75) is 0 Å². The number of nitrogens with zero attached hydrogens (tertiary/aromatic N) is 1. The second kappa shape index (κ2) is 3.91. The maximum Gasteiger partial charge on any atom is 0.266 e. The van der Waals surface area contributed by atoms with Crippen LogP contribution in [0.4, 0.5) is 0 Å². The Hall–Kier alpha value is -1.17. The van der Waals surface area contributed by atoms with Gasteiger partial charge in [-0.1, -0.05) is 12.1 Å². The Balaban J connectivity index is 2.44. The molecule has 2 rings (SSSR count). The van der Waals surface area contributed by atoms with E-state index in [9.17, 15) is 4.79 Å². The minimum absolute atomic E-state index is 0.181. The van der Waals surface area contributed by atoms with Crippen molar-refractivity contribution in [1.82, 2.24) is 9.97 Å². The van der Waals surface area contributed by atoms with Gasteiger partial charge in [0, 0.05) is 15.3 Å². The normalized spacial score (nSPS) is 10.1. The molecule has 0 atom stereocenters. The van der Waals surface area contributed by atoms with Crippen molar-refractivity contribution < 1.29 is 0 Å². The van der Waals surface area contributed by atoms with Crippen molar-refractivity contribution in [3.8, 4) is 11.3 Å². The van der Waals surface area contributed by atoms with Crippen LogP contribution < -0.4 is 5.56 Å². The fourth-order valence-electron chi connectivity index (χ4n) is 1.12. The molecule has 0 spiro atoms. The van der Waals surface area contributed by atoms with E-state index in [-0.39, 0.29) is 5.56 Å². The van der Waals surface area contributed by atoms with Gasteiger partial charge in [-0.25, -0.2) is 4.98 Å². The Labute approximate surface area is 94.4 Å². The number of nitrogens with one attached hydrogen (secondary N) is 1. The standard InChI is InChI=1S/C10H7IN2O/c11-8-3-1-7(2-4-8)9-5-13-10(14)6-12-9/h1-6H,(H,13,14). The maximum absolute atomic E-state index is 10.8. The van der Waals surface area contributed by atoms with Gasteiger partial charge in [0.05, 0.1) is 11.9 Å². The Morgan fingerprint density at radius 3 is 2.50 bits per heavy atom. The lowest BCUT2D eigenvalue weighted by molar-refractivity contribution is 1.14. The third-order valence-corrected chi connectivity index (χ3v) is 2.53. The summed E-state index contributed by atoms with van der Waals surface area (Å²) in [5, 5.41) is 0. The molecule has 0 aliphatic rings. The number of aromatic amines is 1. The Bertz CT molecular complexity index is 470. The number of H-pyrrole nitrogens is 1. The Morgan fingerprint density at radius 2 is 1.93 bits per heavy atom. The number of hydrogen-bond acceptors (Lipinski definition) is 2. The highest BCUT2D eigenvalue weighted by Crippen LogP contribution is 2.16. The molecule has 0 saturated carbocycles. The molecule has 0 aliphatic heterocycles. The van der Waals surface area contributed by atoms with Gasteiger partial charge in [0.25, 0.3) is 5.56 Å². The number of rotatable bonds is 1. The summed E-state index contributed by atoms with van der Waals surface area (Å²) in [6.07, 6.45) is 2.90. The van der Waals surface area contributed by atoms with Gasteiger partial charge in [-0.3, -0.25) is 4.79 Å². The largest absolute Gasteiger partial charge is 0.326 e. The molecule has 0 bridgehead atoms. The van der Waals surface area contributed by atoms with Crippen molar-refractivity contribution in [2.24, 2.45) is 0 Å². The smallest absolute Gasteiger partial charge is 0.266 e. The molecular weight excluding hydrogens is 291 g/mol. The molecule has 3 nitrogen and oxygen atoms in total. The third kappa shape index (κ3) is 2.01. The molecule has 0 radical (unpaired) electrons. The first-order chi connectivity index (χ1) is 6.75. The molecule has 1 heterocycles. The van der Waals surface area contributed by atoms with E-state index in [0.29, 0.717) is 0 Å².